The zero-order chi connectivity index (χ0) is 37.5. The van der Waals surface area contributed by atoms with Gasteiger partial charge in [-0.15, -0.1) is 6.42 Å². The minimum Gasteiger partial charge on any atom is -0.508 e. The predicted octanol–water partition coefficient (Wildman–Crippen LogP) is 6.28. The first-order valence-corrected chi connectivity index (χ1v) is 18.2. The molecule has 3 aromatic rings. The number of β-amino-alcohol motifs (C(OH)–C–C–N with tert-alkyl or cyclic N) is 1. The van der Waals surface area contributed by atoms with Crippen molar-refractivity contribution in [2.45, 2.75) is 101 Å². The number of pyridine rings is 1. The number of likely N-dealkylation sites (tertiary alicyclic amines) is 2. The molecule has 3 unspecified atom stereocenters. The standard InChI is InChI=1S/C39H42F5N5O4/c1-3-25-28(40)9-8-22-15-24(50)16-26(30(22)25)32-31(41)33-27(19-45-32)34(48-13-5-10-36(2,51)20-48)47-35(46-33)53-21-37-11-4-7-29(37)49(14-6-12-37)23-17-38(52,18-23)39(42,43)44/h1,8-9,15-16,19,23,29,35,46,50-52H,4-7,10-14,17-18,20-21H2,2H3/t23?,29?,35?,36-,37?,38?/m1/s1. The zero-order valence-corrected chi connectivity index (χ0v) is 29.3. The van der Waals surface area contributed by atoms with Gasteiger partial charge in [0.25, 0.3) is 0 Å². The van der Waals surface area contributed by atoms with E-state index in [0.29, 0.717) is 42.7 Å². The van der Waals surface area contributed by atoms with Gasteiger partial charge in [-0.1, -0.05) is 18.4 Å². The van der Waals surface area contributed by atoms with Crippen molar-refractivity contribution < 1.29 is 42.0 Å². The molecule has 0 radical (unpaired) electrons. The number of amidine groups is 1. The van der Waals surface area contributed by atoms with Gasteiger partial charge < -0.3 is 30.3 Å². The highest BCUT2D eigenvalue weighted by Crippen LogP contribution is 2.54. The second kappa shape index (κ2) is 12.8. The molecule has 53 heavy (non-hydrogen) atoms. The van der Waals surface area contributed by atoms with Crippen molar-refractivity contribution in [2.24, 2.45) is 10.4 Å². The molecule has 3 aliphatic heterocycles. The Hall–Kier alpha value is -4.03. The Morgan fingerprint density at radius 1 is 1.06 bits per heavy atom. The molecule has 9 nitrogen and oxygen atoms in total. The maximum absolute atomic E-state index is 17.0. The third-order valence-corrected chi connectivity index (χ3v) is 12.2. The molecule has 282 valence electrons. The number of hydrogen-bond donors (Lipinski definition) is 4. The number of phenols is 1. The van der Waals surface area contributed by atoms with E-state index in [1.165, 1.54) is 30.5 Å². The second-order valence-corrected chi connectivity index (χ2v) is 15.9. The number of anilines is 1. The van der Waals surface area contributed by atoms with Crippen molar-refractivity contribution in [3.8, 4) is 29.4 Å². The molecule has 8 rings (SSSR count). The van der Waals surface area contributed by atoms with E-state index >= 15 is 4.39 Å². The summed E-state index contributed by atoms with van der Waals surface area (Å²) in [4.78, 5) is 13.4. The summed E-state index contributed by atoms with van der Waals surface area (Å²) in [5, 5.41) is 35.5. The van der Waals surface area contributed by atoms with Crippen molar-refractivity contribution in [1.29, 1.82) is 0 Å². The Morgan fingerprint density at radius 3 is 2.55 bits per heavy atom. The molecule has 5 aliphatic rings. The van der Waals surface area contributed by atoms with Crippen molar-refractivity contribution in [2.75, 3.05) is 31.6 Å². The smallest absolute Gasteiger partial charge is 0.417 e. The van der Waals surface area contributed by atoms with Crippen LogP contribution < -0.4 is 5.32 Å². The van der Waals surface area contributed by atoms with Crippen LogP contribution in [-0.4, -0.2) is 98.0 Å². The van der Waals surface area contributed by atoms with Crippen molar-refractivity contribution in [1.82, 2.24) is 14.8 Å². The normalized spacial score (nSPS) is 31.6. The van der Waals surface area contributed by atoms with Gasteiger partial charge in [0.15, 0.2) is 11.4 Å². The highest BCUT2D eigenvalue weighted by atomic mass is 19.4. The monoisotopic (exact) mass is 739 g/mol. The molecule has 0 spiro atoms. The zero-order valence-electron chi connectivity index (χ0n) is 29.3. The number of terminal acetylenes is 1. The van der Waals surface area contributed by atoms with Crippen LogP contribution in [0.15, 0.2) is 35.5 Å². The number of ether oxygens (including phenoxy) is 1. The summed E-state index contributed by atoms with van der Waals surface area (Å²) in [6, 6.07) is 4.93. The Balaban J connectivity index is 1.13. The van der Waals surface area contributed by atoms with Crippen LogP contribution in [0.3, 0.4) is 0 Å². The summed E-state index contributed by atoms with van der Waals surface area (Å²) >= 11 is 0. The summed E-state index contributed by atoms with van der Waals surface area (Å²) in [6.45, 7) is 3.37. The number of phenolic OH excluding ortho intramolecular Hbond substituents is 1. The lowest BCUT2D eigenvalue weighted by molar-refractivity contribution is -0.303. The highest BCUT2D eigenvalue weighted by Gasteiger charge is 2.64. The van der Waals surface area contributed by atoms with E-state index in [4.69, 9.17) is 16.2 Å². The Morgan fingerprint density at radius 2 is 1.81 bits per heavy atom. The van der Waals surface area contributed by atoms with Gasteiger partial charge >= 0.3 is 6.18 Å². The van der Waals surface area contributed by atoms with Crippen molar-refractivity contribution >= 4 is 22.3 Å². The fourth-order valence-corrected chi connectivity index (χ4v) is 9.61. The van der Waals surface area contributed by atoms with Gasteiger partial charge in [-0.25, -0.2) is 13.8 Å². The largest absolute Gasteiger partial charge is 0.508 e. The second-order valence-electron chi connectivity index (χ2n) is 15.9. The van der Waals surface area contributed by atoms with E-state index < -0.39 is 35.4 Å². The average molecular weight is 740 g/mol. The lowest BCUT2D eigenvalue weighted by atomic mass is 9.69. The number of nitrogens with one attached hydrogen (secondary N) is 1. The quantitative estimate of drug-likeness (QED) is 0.179. The minimum absolute atomic E-state index is 0.0250. The first kappa shape index (κ1) is 36.0. The molecule has 14 heteroatoms. The molecular formula is C39H42F5N5O4. The summed E-state index contributed by atoms with van der Waals surface area (Å²) in [5.74, 6) is 1.06. The van der Waals surface area contributed by atoms with Gasteiger partial charge in [0.2, 0.25) is 6.35 Å². The molecule has 2 saturated heterocycles. The topological polar surface area (TPSA) is 114 Å². The van der Waals surface area contributed by atoms with E-state index in [1.807, 2.05) is 4.90 Å². The maximum Gasteiger partial charge on any atom is 0.417 e. The molecule has 4 N–H and O–H groups in total. The molecule has 2 saturated carbocycles. The molecule has 4 fully saturated rings. The number of benzene rings is 2. The van der Waals surface area contributed by atoms with Crippen LogP contribution in [0.5, 0.6) is 5.75 Å². The molecule has 0 bridgehead atoms. The van der Waals surface area contributed by atoms with Gasteiger partial charge in [0.1, 0.15) is 23.1 Å². The number of aromatic nitrogens is 1. The predicted molar refractivity (Wildman–Crippen MR) is 188 cm³/mol. The van der Waals surface area contributed by atoms with Crippen LogP contribution >= 0.6 is 0 Å². The van der Waals surface area contributed by atoms with Crippen LogP contribution in [0.4, 0.5) is 27.6 Å². The molecule has 1 aromatic heterocycles. The van der Waals surface area contributed by atoms with Crippen molar-refractivity contribution in [3.05, 3.63) is 53.2 Å². The van der Waals surface area contributed by atoms with Crippen LogP contribution in [0.2, 0.25) is 0 Å². The first-order valence-electron chi connectivity index (χ1n) is 18.2. The van der Waals surface area contributed by atoms with Crippen LogP contribution in [-0.2, 0) is 4.74 Å². The van der Waals surface area contributed by atoms with Crippen LogP contribution in [0.25, 0.3) is 22.0 Å². The third-order valence-electron chi connectivity index (χ3n) is 12.2. The average Bonchev–Trinajstić information content (AvgIpc) is 3.53. The lowest BCUT2D eigenvalue weighted by Crippen LogP contribution is -2.66. The van der Waals surface area contributed by atoms with E-state index in [9.17, 15) is 32.9 Å². The molecule has 4 atom stereocenters. The SMILES string of the molecule is C#Cc1c(F)ccc2cc(O)cc(-c3ncc4c(c3F)NC(OCC35CCCC3N(C3CC(O)(C(F)(F)F)C3)CCC5)N=C4N3CCC[C@@](C)(O)C3)c12. The van der Waals surface area contributed by atoms with Gasteiger partial charge in [-0.05, 0) is 75.6 Å². The Bertz CT molecular complexity index is 2030. The number of piperidine rings is 2. The van der Waals surface area contributed by atoms with Crippen LogP contribution in [0.1, 0.15) is 75.8 Å². The fourth-order valence-electron chi connectivity index (χ4n) is 9.61. The van der Waals surface area contributed by atoms with Gasteiger partial charge in [-0.2, -0.15) is 13.2 Å². The number of aromatic hydroxyl groups is 1. The number of halogens is 5. The van der Waals surface area contributed by atoms with E-state index in [2.05, 4.69) is 21.1 Å². The Kier molecular flexibility index (Phi) is 8.68. The number of nitrogens with zero attached hydrogens (tertiary/aromatic N) is 4. The summed E-state index contributed by atoms with van der Waals surface area (Å²) in [7, 11) is 0. The molecule has 2 aromatic carbocycles. The molecular weight excluding hydrogens is 697 g/mol. The van der Waals surface area contributed by atoms with Crippen LogP contribution in [0, 0.1) is 29.4 Å². The lowest BCUT2D eigenvalue weighted by Gasteiger charge is -2.56. The van der Waals surface area contributed by atoms with Crippen molar-refractivity contribution in [3.63, 3.8) is 0 Å². The number of aliphatic hydroxyl groups is 2. The Labute approximate surface area is 303 Å². The number of rotatable bonds is 5. The number of hydrogen-bond acceptors (Lipinski definition) is 9. The summed E-state index contributed by atoms with van der Waals surface area (Å²) < 4.78 is 79.0. The molecule has 2 aliphatic carbocycles. The number of fused-ring (bicyclic) bond motifs is 3. The third kappa shape index (κ3) is 6.09. The van der Waals surface area contributed by atoms with Gasteiger partial charge in [0.05, 0.1) is 29.0 Å². The van der Waals surface area contributed by atoms with E-state index in [1.54, 1.807) is 6.92 Å². The van der Waals surface area contributed by atoms with Gasteiger partial charge in [-0.3, -0.25) is 9.88 Å². The summed E-state index contributed by atoms with van der Waals surface area (Å²) in [6.07, 6.45) is 5.99. The van der Waals surface area contributed by atoms with Gasteiger partial charge in [0, 0.05) is 60.6 Å². The van der Waals surface area contributed by atoms with E-state index in [-0.39, 0.29) is 77.1 Å². The highest BCUT2D eigenvalue weighted by molar-refractivity contribution is 6.06. The number of alkyl halides is 3. The fraction of sp³-hybridized carbons (Fsp3) is 0.538. The maximum atomic E-state index is 17.0. The van der Waals surface area contributed by atoms with E-state index in [0.717, 1.165) is 32.1 Å². The molecule has 0 amide bonds. The summed E-state index contributed by atoms with van der Waals surface area (Å²) in [5.41, 5.74) is -3.87. The molecule has 4 heterocycles. The number of aliphatic imine (C=N–C) groups is 1. The first-order chi connectivity index (χ1) is 25.1. The minimum atomic E-state index is -4.67.